The summed E-state index contributed by atoms with van der Waals surface area (Å²) in [5.41, 5.74) is -0.792. The Morgan fingerprint density at radius 1 is 1.14 bits per heavy atom. The highest BCUT2D eigenvalue weighted by Gasteiger charge is 2.22. The van der Waals surface area contributed by atoms with Crippen LogP contribution in [0.15, 0.2) is 32.7 Å². The zero-order chi connectivity index (χ0) is 15.8. The molecule has 0 saturated carbocycles. The van der Waals surface area contributed by atoms with E-state index in [9.17, 15) is 18.0 Å². The van der Waals surface area contributed by atoms with Crippen LogP contribution in [-0.4, -0.2) is 18.4 Å². The molecule has 0 fully saturated rings. The van der Waals surface area contributed by atoms with Crippen molar-refractivity contribution < 1.29 is 8.42 Å². The molecule has 0 aliphatic heterocycles. The fraction of sp³-hybridized carbons (Fsp3) is 0.167. The maximum Gasteiger partial charge on any atom is 0.325 e. The second-order valence-electron chi connectivity index (χ2n) is 4.43. The normalized spacial score (nSPS) is 11.4. The van der Waals surface area contributed by atoms with Crippen molar-refractivity contribution >= 4 is 27.3 Å². The second-order valence-corrected chi connectivity index (χ2v) is 6.46. The first-order valence-corrected chi connectivity index (χ1v) is 7.69. The van der Waals surface area contributed by atoms with Gasteiger partial charge in [-0.3, -0.25) is 14.5 Å². The number of hydrogen-bond acceptors (Lipinski definition) is 4. The number of aromatic amines is 2. The molecule has 9 heteroatoms. The lowest BCUT2D eigenvalue weighted by Gasteiger charge is -2.10. The van der Waals surface area contributed by atoms with Gasteiger partial charge in [0.2, 0.25) is 0 Å². The number of aromatic nitrogens is 2. The fourth-order valence-corrected chi connectivity index (χ4v) is 3.24. The van der Waals surface area contributed by atoms with Crippen LogP contribution in [0.1, 0.15) is 11.3 Å². The summed E-state index contributed by atoms with van der Waals surface area (Å²) in [5.74, 6) is 0. The lowest BCUT2D eigenvalue weighted by Crippen LogP contribution is -2.31. The molecule has 1 aromatic carbocycles. The predicted molar refractivity (Wildman–Crippen MR) is 79.4 cm³/mol. The minimum Gasteiger partial charge on any atom is -0.310 e. The Labute approximate surface area is 125 Å². The Morgan fingerprint density at radius 3 is 2.38 bits per heavy atom. The molecule has 0 spiro atoms. The molecule has 0 aliphatic carbocycles. The smallest absolute Gasteiger partial charge is 0.310 e. The minimum absolute atomic E-state index is 0.0468. The van der Waals surface area contributed by atoms with Gasteiger partial charge in [0.05, 0.1) is 5.69 Å². The summed E-state index contributed by atoms with van der Waals surface area (Å²) in [7, 11) is -4.14. The summed E-state index contributed by atoms with van der Waals surface area (Å²) < 4.78 is 26.8. The van der Waals surface area contributed by atoms with Crippen molar-refractivity contribution in [2.24, 2.45) is 0 Å². The van der Waals surface area contributed by atoms with Crippen molar-refractivity contribution in [1.29, 1.82) is 0 Å². The minimum atomic E-state index is -4.14. The maximum atomic E-state index is 12.3. The number of halogens is 1. The van der Waals surface area contributed by atoms with Gasteiger partial charge in [-0.1, -0.05) is 17.7 Å². The van der Waals surface area contributed by atoms with Crippen molar-refractivity contribution in [2.75, 3.05) is 4.72 Å². The first-order chi connectivity index (χ1) is 9.70. The zero-order valence-corrected chi connectivity index (χ0v) is 12.7. The average Bonchev–Trinajstić information content (AvgIpc) is 2.31. The number of aryl methyl sites for hydroxylation is 2. The predicted octanol–water partition coefficient (Wildman–Crippen LogP) is 1.13. The molecule has 0 atom stereocenters. The van der Waals surface area contributed by atoms with Crippen molar-refractivity contribution in [3.63, 3.8) is 0 Å². The second kappa shape index (κ2) is 5.38. The van der Waals surface area contributed by atoms with E-state index in [4.69, 9.17) is 11.6 Å². The number of benzene rings is 1. The molecule has 1 heterocycles. The number of H-pyrrole nitrogens is 2. The molecular weight excluding hydrogens is 318 g/mol. The van der Waals surface area contributed by atoms with E-state index in [-0.39, 0.29) is 11.4 Å². The quantitative estimate of drug-likeness (QED) is 0.783. The van der Waals surface area contributed by atoms with Crippen LogP contribution in [0.4, 0.5) is 5.69 Å². The van der Waals surface area contributed by atoms with Crippen LogP contribution >= 0.6 is 11.6 Å². The summed E-state index contributed by atoms with van der Waals surface area (Å²) in [4.78, 5) is 26.4. The molecule has 2 aromatic rings. The number of anilines is 1. The Balaban J connectivity index is 2.51. The Hall–Kier alpha value is -2.06. The summed E-state index contributed by atoms with van der Waals surface area (Å²) in [6.07, 6.45) is 0. The highest BCUT2D eigenvalue weighted by molar-refractivity contribution is 7.92. The number of hydrogen-bond donors (Lipinski definition) is 3. The number of sulfonamides is 1. The first kappa shape index (κ1) is 15.3. The van der Waals surface area contributed by atoms with Gasteiger partial charge < -0.3 is 4.98 Å². The van der Waals surface area contributed by atoms with Gasteiger partial charge in [0.1, 0.15) is 0 Å². The van der Waals surface area contributed by atoms with E-state index in [0.29, 0.717) is 5.02 Å². The third-order valence-corrected chi connectivity index (χ3v) is 4.71. The molecular formula is C12H12ClN3O4S. The van der Waals surface area contributed by atoms with Crippen LogP contribution in [0.3, 0.4) is 0 Å². The van der Waals surface area contributed by atoms with Gasteiger partial charge >= 0.3 is 5.69 Å². The van der Waals surface area contributed by atoms with Gasteiger partial charge in [-0.15, -0.1) is 0 Å². The molecule has 2 rings (SSSR count). The molecule has 0 bridgehead atoms. The Kier molecular flexibility index (Phi) is 3.93. The number of nitrogens with one attached hydrogen (secondary N) is 3. The number of rotatable bonds is 3. The van der Waals surface area contributed by atoms with E-state index < -0.39 is 26.2 Å². The van der Waals surface area contributed by atoms with Crippen LogP contribution in [0.5, 0.6) is 0 Å². The molecule has 112 valence electrons. The van der Waals surface area contributed by atoms with Gasteiger partial charge in [0.15, 0.2) is 4.90 Å². The highest BCUT2D eigenvalue weighted by Crippen LogP contribution is 2.22. The summed E-state index contributed by atoms with van der Waals surface area (Å²) in [6, 6.07) is 4.60. The third kappa shape index (κ3) is 3.17. The summed E-state index contributed by atoms with van der Waals surface area (Å²) in [5, 5.41) is 0.391. The Bertz CT molecular complexity index is 915. The van der Waals surface area contributed by atoms with Crippen LogP contribution in [0, 0.1) is 13.8 Å². The monoisotopic (exact) mass is 329 g/mol. The summed E-state index contributed by atoms with van der Waals surface area (Å²) >= 11 is 5.92. The lowest BCUT2D eigenvalue weighted by molar-refractivity contribution is 0.598. The topological polar surface area (TPSA) is 112 Å². The van der Waals surface area contributed by atoms with Crippen molar-refractivity contribution in [3.8, 4) is 0 Å². The van der Waals surface area contributed by atoms with Crippen LogP contribution in [-0.2, 0) is 10.0 Å². The van der Waals surface area contributed by atoms with Crippen LogP contribution < -0.4 is 16.0 Å². The molecule has 0 aliphatic rings. The van der Waals surface area contributed by atoms with Gasteiger partial charge in [-0.25, -0.2) is 13.2 Å². The standard InChI is InChI=1S/C12H12ClN3O4S/c1-6-3-4-8(5-9(6)13)16-21(19,20)10-7(2)14-12(18)15-11(10)17/h3-5,16H,1-2H3,(H2,14,15,17,18). The Morgan fingerprint density at radius 2 is 1.81 bits per heavy atom. The van der Waals surface area contributed by atoms with Crippen molar-refractivity contribution in [1.82, 2.24) is 9.97 Å². The molecule has 7 nitrogen and oxygen atoms in total. The van der Waals surface area contributed by atoms with Gasteiger partial charge in [0, 0.05) is 10.7 Å². The van der Waals surface area contributed by atoms with E-state index >= 15 is 0 Å². The van der Waals surface area contributed by atoms with Crippen LogP contribution in [0.25, 0.3) is 0 Å². The van der Waals surface area contributed by atoms with Crippen molar-refractivity contribution in [2.45, 2.75) is 18.7 Å². The van der Waals surface area contributed by atoms with Crippen LogP contribution in [0.2, 0.25) is 5.02 Å². The maximum absolute atomic E-state index is 12.3. The summed E-state index contributed by atoms with van der Waals surface area (Å²) in [6.45, 7) is 3.10. The SMILES string of the molecule is Cc1ccc(NS(=O)(=O)c2c(C)[nH]c(=O)[nH]c2=O)cc1Cl. The van der Waals surface area contributed by atoms with E-state index in [1.54, 1.807) is 13.0 Å². The molecule has 3 N–H and O–H groups in total. The first-order valence-electron chi connectivity index (χ1n) is 5.83. The van der Waals surface area contributed by atoms with E-state index in [0.717, 1.165) is 5.56 Å². The molecule has 0 saturated heterocycles. The lowest BCUT2D eigenvalue weighted by atomic mass is 10.2. The molecule has 21 heavy (non-hydrogen) atoms. The van der Waals surface area contributed by atoms with Crippen molar-refractivity contribution in [3.05, 3.63) is 55.3 Å². The average molecular weight is 330 g/mol. The van der Waals surface area contributed by atoms with Gasteiger partial charge in [0.25, 0.3) is 15.6 Å². The zero-order valence-electron chi connectivity index (χ0n) is 11.2. The van der Waals surface area contributed by atoms with E-state index in [1.807, 2.05) is 4.98 Å². The van der Waals surface area contributed by atoms with Gasteiger partial charge in [-0.05, 0) is 31.5 Å². The van der Waals surface area contributed by atoms with Gasteiger partial charge in [-0.2, -0.15) is 0 Å². The fourth-order valence-electron chi connectivity index (χ4n) is 1.77. The largest absolute Gasteiger partial charge is 0.325 e. The molecule has 0 unspecified atom stereocenters. The van der Waals surface area contributed by atoms with E-state index in [2.05, 4.69) is 9.71 Å². The molecule has 1 aromatic heterocycles. The van der Waals surface area contributed by atoms with E-state index in [1.165, 1.54) is 19.1 Å². The third-order valence-electron chi connectivity index (χ3n) is 2.77. The molecule has 0 amide bonds. The highest BCUT2D eigenvalue weighted by atomic mass is 35.5. The molecule has 0 radical (unpaired) electrons.